The van der Waals surface area contributed by atoms with Gasteiger partial charge in [-0.05, 0) is 42.3 Å². The van der Waals surface area contributed by atoms with Crippen molar-refractivity contribution in [2.24, 2.45) is 5.73 Å². The van der Waals surface area contributed by atoms with Crippen LogP contribution in [-0.2, 0) is 0 Å². The predicted molar refractivity (Wildman–Crippen MR) is 70.2 cm³/mol. The number of hydrogen-bond donors (Lipinski definition) is 1. The molecule has 112 valence electrons. The molecule has 2 aromatic rings. The van der Waals surface area contributed by atoms with Gasteiger partial charge >= 0.3 is 6.61 Å². The highest BCUT2D eigenvalue weighted by molar-refractivity contribution is 5.37. The molecule has 0 aliphatic carbocycles. The number of ether oxygens (including phenoxy) is 1. The van der Waals surface area contributed by atoms with Crippen molar-refractivity contribution in [3.8, 4) is 5.75 Å². The van der Waals surface area contributed by atoms with Crippen LogP contribution in [0.4, 0.5) is 17.6 Å². The van der Waals surface area contributed by atoms with Crippen molar-refractivity contribution in [2.45, 2.75) is 19.6 Å². The summed E-state index contributed by atoms with van der Waals surface area (Å²) in [6, 6.07) is 6.66. The summed E-state index contributed by atoms with van der Waals surface area (Å²) < 4.78 is 55.7. The third kappa shape index (κ3) is 3.52. The lowest BCUT2D eigenvalue weighted by Crippen LogP contribution is -2.14. The molecule has 0 heterocycles. The van der Waals surface area contributed by atoms with Gasteiger partial charge in [0, 0.05) is 5.56 Å². The van der Waals surface area contributed by atoms with Crippen molar-refractivity contribution in [2.75, 3.05) is 0 Å². The molecule has 2 nitrogen and oxygen atoms in total. The van der Waals surface area contributed by atoms with Crippen LogP contribution in [0, 0.1) is 18.6 Å². The molecule has 0 aliphatic rings. The van der Waals surface area contributed by atoms with Crippen molar-refractivity contribution in [1.29, 1.82) is 0 Å². The van der Waals surface area contributed by atoms with Gasteiger partial charge in [-0.15, -0.1) is 0 Å². The van der Waals surface area contributed by atoms with Gasteiger partial charge in [-0.25, -0.2) is 8.78 Å². The van der Waals surface area contributed by atoms with Gasteiger partial charge in [0.15, 0.2) is 0 Å². The normalized spacial score (nSPS) is 12.5. The van der Waals surface area contributed by atoms with Gasteiger partial charge in [-0.3, -0.25) is 0 Å². The van der Waals surface area contributed by atoms with E-state index in [1.165, 1.54) is 31.2 Å². The Bertz CT molecular complexity index is 628. The van der Waals surface area contributed by atoms with Crippen LogP contribution in [0.5, 0.6) is 5.75 Å². The lowest BCUT2D eigenvalue weighted by Gasteiger charge is -2.15. The van der Waals surface area contributed by atoms with E-state index in [9.17, 15) is 17.6 Å². The third-order valence-electron chi connectivity index (χ3n) is 3.08. The van der Waals surface area contributed by atoms with E-state index in [2.05, 4.69) is 4.74 Å². The van der Waals surface area contributed by atoms with Crippen LogP contribution in [0.2, 0.25) is 0 Å². The second-order valence-electron chi connectivity index (χ2n) is 4.55. The number of hydrogen-bond acceptors (Lipinski definition) is 2. The van der Waals surface area contributed by atoms with Crippen molar-refractivity contribution < 1.29 is 22.3 Å². The SMILES string of the molecule is Cc1cc(F)c(C(N)c2ccc(OC(F)F)cc2)cc1F. The van der Waals surface area contributed by atoms with Crippen molar-refractivity contribution >= 4 is 0 Å². The molecule has 0 bridgehead atoms. The first-order chi connectivity index (χ1) is 9.88. The molecule has 0 aromatic heterocycles. The van der Waals surface area contributed by atoms with E-state index in [1.54, 1.807) is 0 Å². The Morgan fingerprint density at radius 2 is 1.62 bits per heavy atom. The fourth-order valence-corrected chi connectivity index (χ4v) is 1.94. The molecule has 0 saturated carbocycles. The molecule has 2 rings (SSSR count). The van der Waals surface area contributed by atoms with E-state index in [4.69, 9.17) is 5.73 Å². The highest BCUT2D eigenvalue weighted by Crippen LogP contribution is 2.26. The van der Waals surface area contributed by atoms with Crippen molar-refractivity contribution in [3.05, 3.63) is 64.7 Å². The molecule has 1 unspecified atom stereocenters. The molecular weight excluding hydrogens is 286 g/mol. The van der Waals surface area contributed by atoms with Gasteiger partial charge in [-0.1, -0.05) is 12.1 Å². The predicted octanol–water partition coefficient (Wildman–Crippen LogP) is 3.92. The summed E-state index contributed by atoms with van der Waals surface area (Å²) in [6.07, 6.45) is 0. The quantitative estimate of drug-likeness (QED) is 0.868. The zero-order valence-electron chi connectivity index (χ0n) is 11.1. The summed E-state index contributed by atoms with van der Waals surface area (Å²) in [7, 11) is 0. The fraction of sp³-hybridized carbons (Fsp3) is 0.200. The Balaban J connectivity index is 2.27. The Morgan fingerprint density at radius 1 is 1.00 bits per heavy atom. The highest BCUT2D eigenvalue weighted by atomic mass is 19.3. The number of alkyl halides is 2. The first kappa shape index (κ1) is 15.3. The molecule has 0 amide bonds. The van der Waals surface area contributed by atoms with E-state index in [-0.39, 0.29) is 16.9 Å². The van der Waals surface area contributed by atoms with Gasteiger partial charge in [0.1, 0.15) is 17.4 Å². The van der Waals surface area contributed by atoms with Gasteiger partial charge < -0.3 is 10.5 Å². The van der Waals surface area contributed by atoms with Crippen LogP contribution in [0.15, 0.2) is 36.4 Å². The smallest absolute Gasteiger partial charge is 0.387 e. The summed E-state index contributed by atoms with van der Waals surface area (Å²) in [4.78, 5) is 0. The zero-order valence-corrected chi connectivity index (χ0v) is 11.1. The van der Waals surface area contributed by atoms with Gasteiger partial charge in [0.2, 0.25) is 0 Å². The van der Waals surface area contributed by atoms with Gasteiger partial charge in [0.25, 0.3) is 0 Å². The summed E-state index contributed by atoms with van der Waals surface area (Å²) in [6.45, 7) is -1.47. The van der Waals surface area contributed by atoms with Crippen LogP contribution < -0.4 is 10.5 Å². The minimum atomic E-state index is -2.92. The standard InChI is InChI=1S/C15H13F4NO/c1-8-6-13(17)11(7-12(8)16)14(20)9-2-4-10(5-3-9)21-15(18)19/h2-7,14-15H,20H2,1H3. The Hall–Kier alpha value is -2.08. The van der Waals surface area contributed by atoms with E-state index >= 15 is 0 Å². The lowest BCUT2D eigenvalue weighted by molar-refractivity contribution is -0.0498. The topological polar surface area (TPSA) is 35.2 Å². The average Bonchev–Trinajstić information content (AvgIpc) is 2.42. The average molecular weight is 299 g/mol. The number of aryl methyl sites for hydroxylation is 1. The molecule has 2 N–H and O–H groups in total. The molecule has 1 atom stereocenters. The van der Waals surface area contributed by atoms with Crippen LogP contribution in [0.25, 0.3) is 0 Å². The largest absolute Gasteiger partial charge is 0.435 e. The maximum absolute atomic E-state index is 13.8. The molecule has 21 heavy (non-hydrogen) atoms. The summed E-state index contributed by atoms with van der Waals surface area (Å²) in [5.41, 5.74) is 6.53. The molecule has 0 saturated heterocycles. The fourth-order valence-electron chi connectivity index (χ4n) is 1.94. The molecule has 2 aromatic carbocycles. The molecule has 0 fully saturated rings. The number of rotatable bonds is 4. The molecule has 6 heteroatoms. The van der Waals surface area contributed by atoms with Crippen LogP contribution in [-0.4, -0.2) is 6.61 Å². The Morgan fingerprint density at radius 3 is 2.19 bits per heavy atom. The van der Waals surface area contributed by atoms with Crippen molar-refractivity contribution in [1.82, 2.24) is 0 Å². The monoisotopic (exact) mass is 299 g/mol. The maximum atomic E-state index is 13.8. The molecular formula is C15H13F4NO. The number of halogens is 4. The molecule has 0 spiro atoms. The number of benzene rings is 2. The second kappa shape index (κ2) is 6.13. The summed E-state index contributed by atoms with van der Waals surface area (Å²) in [5.74, 6) is -1.20. The summed E-state index contributed by atoms with van der Waals surface area (Å²) in [5, 5.41) is 0. The molecule has 0 aliphatic heterocycles. The van der Waals surface area contributed by atoms with E-state index in [1.807, 2.05) is 0 Å². The minimum absolute atomic E-state index is 0.000581. The second-order valence-corrected chi connectivity index (χ2v) is 4.55. The Labute approximate surface area is 119 Å². The van der Waals surface area contributed by atoms with E-state index in [0.29, 0.717) is 5.56 Å². The minimum Gasteiger partial charge on any atom is -0.435 e. The zero-order chi connectivity index (χ0) is 15.6. The first-order valence-electron chi connectivity index (χ1n) is 6.14. The van der Waals surface area contributed by atoms with Crippen molar-refractivity contribution in [3.63, 3.8) is 0 Å². The lowest BCUT2D eigenvalue weighted by atomic mass is 9.98. The van der Waals surface area contributed by atoms with E-state index in [0.717, 1.165) is 12.1 Å². The third-order valence-corrected chi connectivity index (χ3v) is 3.08. The molecule has 0 radical (unpaired) electrons. The Kier molecular flexibility index (Phi) is 4.47. The van der Waals surface area contributed by atoms with Gasteiger partial charge in [-0.2, -0.15) is 8.78 Å². The van der Waals surface area contributed by atoms with Crippen LogP contribution in [0.1, 0.15) is 22.7 Å². The maximum Gasteiger partial charge on any atom is 0.387 e. The van der Waals surface area contributed by atoms with Crippen LogP contribution >= 0.6 is 0 Å². The number of nitrogens with two attached hydrogens (primary N) is 1. The van der Waals surface area contributed by atoms with Crippen LogP contribution in [0.3, 0.4) is 0 Å². The van der Waals surface area contributed by atoms with Gasteiger partial charge in [0.05, 0.1) is 6.04 Å². The highest BCUT2D eigenvalue weighted by Gasteiger charge is 2.16. The van der Waals surface area contributed by atoms with E-state index < -0.39 is 24.3 Å². The first-order valence-corrected chi connectivity index (χ1v) is 6.14. The summed E-state index contributed by atoms with van der Waals surface area (Å²) >= 11 is 0.